The first-order valence-corrected chi connectivity index (χ1v) is 5.78. The molecule has 0 heterocycles. The van der Waals surface area contributed by atoms with Crippen LogP contribution < -0.4 is 0 Å². The molecule has 0 aromatic heterocycles. The summed E-state index contributed by atoms with van der Waals surface area (Å²) >= 11 is 0. The number of carbonyl (C=O) groups excluding carboxylic acids is 1. The summed E-state index contributed by atoms with van der Waals surface area (Å²) in [6, 6.07) is 8.29. The van der Waals surface area contributed by atoms with Gasteiger partial charge in [0, 0.05) is 12.3 Å². The quantitative estimate of drug-likeness (QED) is 0.681. The smallest absolute Gasteiger partial charge is 0.140 e. The van der Waals surface area contributed by atoms with E-state index in [1.807, 2.05) is 12.1 Å². The van der Waals surface area contributed by atoms with E-state index < -0.39 is 0 Å². The molecule has 1 aromatic rings. The van der Waals surface area contributed by atoms with E-state index in [2.05, 4.69) is 26.0 Å². The van der Waals surface area contributed by atoms with E-state index in [9.17, 15) is 4.79 Å². The van der Waals surface area contributed by atoms with Crippen LogP contribution in [0.2, 0.25) is 0 Å². The minimum absolute atomic E-state index is 0.153. The second kappa shape index (κ2) is 4.18. The van der Waals surface area contributed by atoms with Gasteiger partial charge in [-0.2, -0.15) is 0 Å². The van der Waals surface area contributed by atoms with Crippen LogP contribution in [-0.4, -0.2) is 5.78 Å². The van der Waals surface area contributed by atoms with Crippen LogP contribution in [0, 0.1) is 12.8 Å². The lowest BCUT2D eigenvalue weighted by molar-refractivity contribution is -0.123. The van der Waals surface area contributed by atoms with E-state index in [4.69, 9.17) is 0 Å². The summed E-state index contributed by atoms with van der Waals surface area (Å²) in [7, 11) is 0. The molecule has 1 saturated carbocycles. The summed E-state index contributed by atoms with van der Waals surface area (Å²) in [6.45, 7) is 4.30. The van der Waals surface area contributed by atoms with Crippen molar-refractivity contribution in [3.05, 3.63) is 35.4 Å². The number of carbonyl (C=O) groups is 1. The first kappa shape index (κ1) is 10.4. The normalized spacial score (nSPS) is 26.7. The van der Waals surface area contributed by atoms with Crippen LogP contribution in [0.5, 0.6) is 0 Å². The van der Waals surface area contributed by atoms with E-state index in [1.165, 1.54) is 17.5 Å². The molecule has 2 rings (SSSR count). The minimum Gasteiger partial charge on any atom is -0.299 e. The average Bonchev–Trinajstić information content (AvgIpc) is 2.20. The summed E-state index contributed by atoms with van der Waals surface area (Å²) in [5, 5.41) is 0. The van der Waals surface area contributed by atoms with Crippen molar-refractivity contribution in [2.75, 3.05) is 0 Å². The van der Waals surface area contributed by atoms with Crippen LogP contribution in [0.3, 0.4) is 0 Å². The zero-order chi connectivity index (χ0) is 10.8. The Labute approximate surface area is 91.5 Å². The predicted molar refractivity (Wildman–Crippen MR) is 61.9 cm³/mol. The zero-order valence-corrected chi connectivity index (χ0v) is 9.49. The summed E-state index contributed by atoms with van der Waals surface area (Å²) in [5.74, 6) is 1.09. The summed E-state index contributed by atoms with van der Waals surface area (Å²) in [4.78, 5) is 12.0. The van der Waals surface area contributed by atoms with Crippen LogP contribution in [0.25, 0.3) is 0 Å². The molecular formula is C14H18O. The van der Waals surface area contributed by atoms with Crippen molar-refractivity contribution < 1.29 is 4.79 Å². The SMILES string of the molecule is Cc1ccccc1C1C(=O)CCCC1C. The Bertz CT molecular complexity index is 367. The molecule has 1 aliphatic carbocycles. The molecule has 1 heteroatoms. The van der Waals surface area contributed by atoms with Crippen molar-refractivity contribution in [1.82, 2.24) is 0 Å². The largest absolute Gasteiger partial charge is 0.299 e. The highest BCUT2D eigenvalue weighted by Crippen LogP contribution is 2.36. The molecule has 1 aliphatic rings. The summed E-state index contributed by atoms with van der Waals surface area (Å²) < 4.78 is 0. The first-order chi connectivity index (χ1) is 7.20. The van der Waals surface area contributed by atoms with Crippen LogP contribution in [0.1, 0.15) is 43.2 Å². The van der Waals surface area contributed by atoms with Gasteiger partial charge in [-0.05, 0) is 36.8 Å². The van der Waals surface area contributed by atoms with E-state index in [-0.39, 0.29) is 5.92 Å². The van der Waals surface area contributed by atoms with Crippen LogP contribution in [-0.2, 0) is 4.79 Å². The van der Waals surface area contributed by atoms with Gasteiger partial charge in [-0.1, -0.05) is 31.2 Å². The zero-order valence-electron chi connectivity index (χ0n) is 9.49. The van der Waals surface area contributed by atoms with Gasteiger partial charge in [-0.25, -0.2) is 0 Å². The van der Waals surface area contributed by atoms with E-state index in [0.29, 0.717) is 11.7 Å². The Morgan fingerprint density at radius 3 is 2.67 bits per heavy atom. The van der Waals surface area contributed by atoms with Gasteiger partial charge >= 0.3 is 0 Å². The van der Waals surface area contributed by atoms with E-state index >= 15 is 0 Å². The number of hydrogen-bond donors (Lipinski definition) is 0. The number of hydrogen-bond acceptors (Lipinski definition) is 1. The molecule has 0 bridgehead atoms. The molecule has 0 radical (unpaired) electrons. The van der Waals surface area contributed by atoms with Crippen LogP contribution >= 0.6 is 0 Å². The monoisotopic (exact) mass is 202 g/mol. The highest BCUT2D eigenvalue weighted by Gasteiger charge is 2.30. The Morgan fingerprint density at radius 2 is 2.00 bits per heavy atom. The third-order valence-corrected chi connectivity index (χ3v) is 3.52. The van der Waals surface area contributed by atoms with E-state index in [1.54, 1.807) is 0 Å². The molecular weight excluding hydrogens is 184 g/mol. The predicted octanol–water partition coefficient (Wildman–Crippen LogP) is 3.47. The Morgan fingerprint density at radius 1 is 1.27 bits per heavy atom. The molecule has 2 atom stereocenters. The van der Waals surface area contributed by atoms with Gasteiger partial charge in [-0.15, -0.1) is 0 Å². The number of ketones is 1. The highest BCUT2D eigenvalue weighted by atomic mass is 16.1. The van der Waals surface area contributed by atoms with Crippen molar-refractivity contribution in [1.29, 1.82) is 0 Å². The molecule has 0 spiro atoms. The fourth-order valence-corrected chi connectivity index (χ4v) is 2.65. The maximum Gasteiger partial charge on any atom is 0.140 e. The lowest BCUT2D eigenvalue weighted by Gasteiger charge is -2.28. The van der Waals surface area contributed by atoms with Gasteiger partial charge in [0.2, 0.25) is 0 Å². The van der Waals surface area contributed by atoms with Crippen molar-refractivity contribution >= 4 is 5.78 Å². The molecule has 0 N–H and O–H groups in total. The van der Waals surface area contributed by atoms with Crippen molar-refractivity contribution in [2.24, 2.45) is 5.92 Å². The molecule has 15 heavy (non-hydrogen) atoms. The first-order valence-electron chi connectivity index (χ1n) is 5.78. The maximum absolute atomic E-state index is 12.0. The maximum atomic E-state index is 12.0. The Hall–Kier alpha value is -1.11. The summed E-state index contributed by atoms with van der Waals surface area (Å²) in [6.07, 6.45) is 3.02. The second-order valence-corrected chi connectivity index (χ2v) is 4.67. The third kappa shape index (κ3) is 1.97. The molecule has 80 valence electrons. The topological polar surface area (TPSA) is 17.1 Å². The molecule has 1 nitrogen and oxygen atoms in total. The van der Waals surface area contributed by atoms with Crippen molar-refractivity contribution in [3.8, 4) is 0 Å². The van der Waals surface area contributed by atoms with Gasteiger partial charge in [0.05, 0.1) is 0 Å². The molecule has 0 saturated heterocycles. The fraction of sp³-hybridized carbons (Fsp3) is 0.500. The Kier molecular flexibility index (Phi) is 2.90. The van der Waals surface area contributed by atoms with Gasteiger partial charge in [0.25, 0.3) is 0 Å². The molecule has 2 unspecified atom stereocenters. The number of benzene rings is 1. The number of aryl methyl sites for hydroxylation is 1. The van der Waals surface area contributed by atoms with Gasteiger partial charge < -0.3 is 0 Å². The Balaban J connectivity index is 2.36. The highest BCUT2D eigenvalue weighted by molar-refractivity contribution is 5.87. The average molecular weight is 202 g/mol. The third-order valence-electron chi connectivity index (χ3n) is 3.52. The lowest BCUT2D eigenvalue weighted by atomic mass is 9.74. The summed E-state index contributed by atoms with van der Waals surface area (Å²) in [5.41, 5.74) is 2.50. The second-order valence-electron chi connectivity index (χ2n) is 4.67. The molecule has 1 aromatic carbocycles. The molecule has 0 aliphatic heterocycles. The van der Waals surface area contributed by atoms with Crippen molar-refractivity contribution in [2.45, 2.75) is 39.0 Å². The number of rotatable bonds is 1. The van der Waals surface area contributed by atoms with Crippen LogP contribution in [0.15, 0.2) is 24.3 Å². The van der Waals surface area contributed by atoms with E-state index in [0.717, 1.165) is 12.8 Å². The molecule has 0 amide bonds. The lowest BCUT2D eigenvalue weighted by Crippen LogP contribution is -2.25. The van der Waals surface area contributed by atoms with Gasteiger partial charge in [-0.3, -0.25) is 4.79 Å². The van der Waals surface area contributed by atoms with Crippen molar-refractivity contribution in [3.63, 3.8) is 0 Å². The van der Waals surface area contributed by atoms with Gasteiger partial charge in [0.1, 0.15) is 5.78 Å². The standard InChI is InChI=1S/C14H18O/c1-10-6-3-4-8-12(10)14-11(2)7-5-9-13(14)15/h3-4,6,8,11,14H,5,7,9H2,1-2H3. The minimum atomic E-state index is 0.153. The molecule has 1 fully saturated rings. The van der Waals surface area contributed by atoms with Gasteiger partial charge in [0.15, 0.2) is 0 Å². The number of Topliss-reactive ketones (excluding diaryl/α,β-unsaturated/α-hetero) is 1. The fourth-order valence-electron chi connectivity index (χ4n) is 2.65. The van der Waals surface area contributed by atoms with Crippen LogP contribution in [0.4, 0.5) is 0 Å².